The van der Waals surface area contributed by atoms with Crippen molar-refractivity contribution < 1.29 is 18.8 Å². The van der Waals surface area contributed by atoms with Gasteiger partial charge >= 0.3 is 0 Å². The van der Waals surface area contributed by atoms with Crippen LogP contribution in [-0.4, -0.2) is 47.6 Å². The van der Waals surface area contributed by atoms with E-state index in [2.05, 4.69) is 15.5 Å². The number of benzene rings is 1. The minimum absolute atomic E-state index is 0.125. The van der Waals surface area contributed by atoms with E-state index in [-0.39, 0.29) is 24.3 Å². The highest BCUT2D eigenvalue weighted by molar-refractivity contribution is 6.31. The molecule has 0 aliphatic carbocycles. The molecule has 29 heavy (non-hydrogen) atoms. The number of pyridine rings is 1. The molecular weight excluding hydrogens is 396 g/mol. The molecule has 8 nitrogen and oxygen atoms in total. The molecule has 0 fully saturated rings. The van der Waals surface area contributed by atoms with Crippen molar-refractivity contribution in [3.8, 4) is 5.75 Å². The Morgan fingerprint density at radius 1 is 1.31 bits per heavy atom. The Morgan fingerprint density at radius 2 is 2.07 bits per heavy atom. The fourth-order valence-corrected chi connectivity index (χ4v) is 3.03. The fourth-order valence-electron chi connectivity index (χ4n) is 2.86. The van der Waals surface area contributed by atoms with Gasteiger partial charge in [0.1, 0.15) is 5.75 Å². The number of aromatic nitrogens is 2. The summed E-state index contributed by atoms with van der Waals surface area (Å²) < 4.78 is 10.4. The highest BCUT2D eigenvalue weighted by Crippen LogP contribution is 2.28. The van der Waals surface area contributed by atoms with E-state index in [0.717, 1.165) is 5.69 Å². The average Bonchev–Trinajstić information content (AvgIpc) is 3.10. The van der Waals surface area contributed by atoms with Crippen molar-refractivity contribution in [3.05, 3.63) is 46.7 Å². The lowest BCUT2D eigenvalue weighted by molar-refractivity contribution is -0.116. The number of anilines is 1. The van der Waals surface area contributed by atoms with Crippen LogP contribution in [0.1, 0.15) is 35.8 Å². The topological polar surface area (TPSA) is 97.6 Å². The van der Waals surface area contributed by atoms with E-state index in [1.165, 1.54) is 25.3 Å². The van der Waals surface area contributed by atoms with Crippen LogP contribution in [0.25, 0.3) is 11.1 Å². The largest absolute Gasteiger partial charge is 0.495 e. The smallest absolute Gasteiger partial charge is 0.257 e. The van der Waals surface area contributed by atoms with Gasteiger partial charge in [-0.2, -0.15) is 0 Å². The van der Waals surface area contributed by atoms with Gasteiger partial charge in [-0.25, -0.2) is 4.98 Å². The maximum Gasteiger partial charge on any atom is 0.257 e. The Labute approximate surface area is 172 Å². The molecule has 9 heteroatoms. The van der Waals surface area contributed by atoms with Crippen LogP contribution in [0.2, 0.25) is 5.02 Å². The number of hydrogen-bond acceptors (Lipinski definition) is 6. The van der Waals surface area contributed by atoms with Crippen molar-refractivity contribution in [3.63, 3.8) is 0 Å². The van der Waals surface area contributed by atoms with Gasteiger partial charge in [0.05, 0.1) is 36.0 Å². The lowest BCUT2D eigenvalue weighted by atomic mass is 10.1. The summed E-state index contributed by atoms with van der Waals surface area (Å²) in [5.74, 6) is -0.133. The van der Waals surface area contributed by atoms with Gasteiger partial charge < -0.3 is 19.5 Å². The molecule has 2 amide bonds. The minimum Gasteiger partial charge on any atom is -0.495 e. The molecule has 1 N–H and O–H groups in total. The van der Waals surface area contributed by atoms with Gasteiger partial charge in [0.15, 0.2) is 0 Å². The van der Waals surface area contributed by atoms with E-state index < -0.39 is 0 Å². The Balaban J connectivity index is 1.73. The second-order valence-electron chi connectivity index (χ2n) is 6.85. The summed E-state index contributed by atoms with van der Waals surface area (Å²) in [6.45, 7) is 3.80. The van der Waals surface area contributed by atoms with Gasteiger partial charge in [-0.05, 0) is 30.2 Å². The van der Waals surface area contributed by atoms with E-state index in [1.807, 2.05) is 13.8 Å². The maximum absolute atomic E-state index is 12.8. The van der Waals surface area contributed by atoms with Crippen LogP contribution in [0, 0.1) is 0 Å². The summed E-state index contributed by atoms with van der Waals surface area (Å²) in [4.78, 5) is 30.6. The molecule has 0 aliphatic rings. The van der Waals surface area contributed by atoms with Crippen LogP contribution in [0.3, 0.4) is 0 Å². The number of ether oxygens (including phenoxy) is 1. The molecule has 1 aromatic carbocycles. The Hall–Kier alpha value is -3.13. The second-order valence-corrected chi connectivity index (χ2v) is 7.29. The Morgan fingerprint density at radius 3 is 2.76 bits per heavy atom. The van der Waals surface area contributed by atoms with Crippen LogP contribution in [-0.2, 0) is 4.79 Å². The summed E-state index contributed by atoms with van der Waals surface area (Å²) in [5, 5.41) is 7.86. The monoisotopic (exact) mass is 416 g/mol. The number of carbonyl (C=O) groups is 2. The number of halogens is 1. The number of fused-ring (bicyclic) bond motifs is 1. The molecule has 3 aromatic rings. The molecule has 0 atom stereocenters. The molecule has 0 bridgehead atoms. The number of likely N-dealkylation sites (N-methyl/N-ethyl adjacent to an activating group) is 1. The third-order valence-corrected chi connectivity index (χ3v) is 4.55. The predicted octanol–water partition coefficient (Wildman–Crippen LogP) is 3.72. The molecule has 152 valence electrons. The number of hydrogen-bond donors (Lipinski definition) is 1. The van der Waals surface area contributed by atoms with E-state index >= 15 is 0 Å². The summed E-state index contributed by atoms with van der Waals surface area (Å²) in [6.07, 6.45) is 1.41. The number of nitrogens with one attached hydrogen (secondary N) is 1. The zero-order valence-electron chi connectivity index (χ0n) is 16.5. The number of methoxy groups -OCH3 is 1. The highest BCUT2D eigenvalue weighted by Gasteiger charge is 2.20. The number of carbonyl (C=O) groups excluding carboxylic acids is 2. The zero-order valence-corrected chi connectivity index (χ0v) is 17.3. The molecule has 0 saturated carbocycles. The number of rotatable bonds is 6. The quantitative estimate of drug-likeness (QED) is 0.657. The molecule has 2 aromatic heterocycles. The lowest BCUT2D eigenvalue weighted by Gasteiger charge is -2.17. The first-order valence-electron chi connectivity index (χ1n) is 8.94. The normalized spacial score (nSPS) is 11.0. The van der Waals surface area contributed by atoms with Crippen molar-refractivity contribution >= 4 is 40.2 Å². The van der Waals surface area contributed by atoms with Gasteiger partial charge in [-0.1, -0.05) is 30.6 Å². The lowest BCUT2D eigenvalue weighted by Crippen LogP contribution is -2.35. The van der Waals surface area contributed by atoms with Crippen molar-refractivity contribution in [2.45, 2.75) is 19.8 Å². The van der Waals surface area contributed by atoms with Crippen molar-refractivity contribution in [1.29, 1.82) is 0 Å². The van der Waals surface area contributed by atoms with Crippen LogP contribution >= 0.6 is 11.6 Å². The molecule has 0 unspecified atom stereocenters. The fraction of sp³-hybridized carbons (Fsp3) is 0.300. The van der Waals surface area contributed by atoms with E-state index in [1.54, 1.807) is 24.3 Å². The summed E-state index contributed by atoms with van der Waals surface area (Å²) >= 11 is 5.98. The van der Waals surface area contributed by atoms with Crippen molar-refractivity contribution in [2.75, 3.05) is 26.0 Å². The Bertz CT molecular complexity index is 1060. The van der Waals surface area contributed by atoms with Gasteiger partial charge in [0.25, 0.3) is 11.6 Å². The molecule has 0 spiro atoms. The molecule has 0 radical (unpaired) electrons. The van der Waals surface area contributed by atoms with Crippen molar-refractivity contribution in [1.82, 2.24) is 15.0 Å². The SMILES string of the molecule is COc1ccc(Cl)cc1NC(=O)CN(C)C(=O)c1cnc2onc(C(C)C)c2c1. The van der Waals surface area contributed by atoms with Gasteiger partial charge in [0, 0.05) is 18.3 Å². The maximum atomic E-state index is 12.8. The predicted molar refractivity (Wildman–Crippen MR) is 109 cm³/mol. The first-order chi connectivity index (χ1) is 13.8. The third kappa shape index (κ3) is 4.48. The molecule has 2 heterocycles. The van der Waals surface area contributed by atoms with Crippen LogP contribution in [0.15, 0.2) is 35.0 Å². The minimum atomic E-state index is -0.386. The average molecular weight is 417 g/mol. The first-order valence-corrected chi connectivity index (χ1v) is 9.32. The summed E-state index contributed by atoms with van der Waals surface area (Å²) in [5.41, 5.74) is 1.88. The molecule has 0 aliphatic heterocycles. The van der Waals surface area contributed by atoms with E-state index in [9.17, 15) is 9.59 Å². The number of amides is 2. The van der Waals surface area contributed by atoms with E-state index in [0.29, 0.717) is 33.1 Å². The van der Waals surface area contributed by atoms with Gasteiger partial charge in [-0.3, -0.25) is 9.59 Å². The molecular formula is C20H21ClN4O4. The molecule has 0 saturated heterocycles. The zero-order chi connectivity index (χ0) is 21.1. The standard InChI is InChI=1S/C20H21ClN4O4/c1-11(2)18-14-7-12(9-22-19(14)29-24-18)20(27)25(3)10-17(26)23-15-8-13(21)5-6-16(15)28-4/h5-9,11H,10H2,1-4H3,(H,23,26). The highest BCUT2D eigenvalue weighted by atomic mass is 35.5. The van der Waals surface area contributed by atoms with Gasteiger partial charge in [-0.15, -0.1) is 0 Å². The summed E-state index contributed by atoms with van der Waals surface area (Å²) in [6, 6.07) is 6.58. The first kappa shape index (κ1) is 20.6. The van der Waals surface area contributed by atoms with Crippen LogP contribution in [0.4, 0.5) is 5.69 Å². The summed E-state index contributed by atoms with van der Waals surface area (Å²) in [7, 11) is 3.03. The second kappa shape index (κ2) is 8.48. The van der Waals surface area contributed by atoms with Crippen LogP contribution in [0.5, 0.6) is 5.75 Å². The Kier molecular flexibility index (Phi) is 6.03. The van der Waals surface area contributed by atoms with Crippen molar-refractivity contribution in [2.24, 2.45) is 0 Å². The third-order valence-electron chi connectivity index (χ3n) is 4.31. The number of nitrogens with zero attached hydrogens (tertiary/aromatic N) is 3. The van der Waals surface area contributed by atoms with Gasteiger partial charge in [0.2, 0.25) is 5.91 Å². The van der Waals surface area contributed by atoms with E-state index in [4.69, 9.17) is 20.9 Å². The molecule has 3 rings (SSSR count). The van der Waals surface area contributed by atoms with Crippen LogP contribution < -0.4 is 10.1 Å².